The summed E-state index contributed by atoms with van der Waals surface area (Å²) in [6.45, 7) is 0. The van der Waals surface area contributed by atoms with Crippen LogP contribution in [0.3, 0.4) is 0 Å². The summed E-state index contributed by atoms with van der Waals surface area (Å²) in [4.78, 5) is 34.3. The van der Waals surface area contributed by atoms with Gasteiger partial charge in [-0.05, 0) is 0 Å². The van der Waals surface area contributed by atoms with Crippen LogP contribution >= 0.6 is 0 Å². The van der Waals surface area contributed by atoms with E-state index in [-0.39, 0.29) is 52.2 Å². The predicted octanol–water partition coefficient (Wildman–Crippen LogP) is -6.14. The fourth-order valence-electron chi connectivity index (χ4n) is 0. The first-order valence-electron chi connectivity index (χ1n) is 1.50. The SMILES string of the molecule is O=S(=O)([O-])O.[O-][Si]([O-])([O-])[O-].[Y+3].[Zn+2]. The molecule has 0 aliphatic heterocycles. The maximum Gasteiger partial charge on any atom is 3.00 e. The van der Waals surface area contributed by atoms with Crippen LogP contribution < -0.4 is 19.2 Å². The van der Waals surface area contributed by atoms with Crippen LogP contribution in [0, 0.1) is 0 Å². The third-order valence-corrected chi connectivity index (χ3v) is 0. The zero-order chi connectivity index (χ0) is 9.00. The summed E-state index contributed by atoms with van der Waals surface area (Å²) in [5.74, 6) is 0. The van der Waals surface area contributed by atoms with Crippen molar-refractivity contribution in [3.63, 3.8) is 0 Å². The van der Waals surface area contributed by atoms with Gasteiger partial charge in [0.25, 0.3) is 0 Å². The average molecular weight is 343 g/mol. The Morgan fingerprint density at radius 1 is 1.08 bits per heavy atom. The van der Waals surface area contributed by atoms with Crippen molar-refractivity contribution in [3.8, 4) is 0 Å². The fraction of sp³-hybridized carbons (Fsp3) is 0. The van der Waals surface area contributed by atoms with E-state index < -0.39 is 19.4 Å². The second kappa shape index (κ2) is 9.22. The summed E-state index contributed by atoms with van der Waals surface area (Å²) in [7, 11) is -10.5. The van der Waals surface area contributed by atoms with Gasteiger partial charge in [-0.3, -0.25) is 4.55 Å². The Balaban J connectivity index is -0.0000000457. The molecular formula is HO8SSiYZn. The number of hydrogen-bond donors (Lipinski definition) is 1. The van der Waals surface area contributed by atoms with Crippen LogP contribution in [-0.2, 0) is 62.6 Å². The van der Waals surface area contributed by atoms with Crippen molar-refractivity contribution >= 4 is 19.4 Å². The number of rotatable bonds is 0. The second-order valence-corrected chi connectivity index (χ2v) is 2.78. The maximum absolute atomic E-state index is 8.63. The first-order valence-corrected chi connectivity index (χ1v) is 4.50. The molecule has 1 N–H and O–H groups in total. The molecule has 8 nitrogen and oxygen atoms in total. The molecular weight excluding hydrogens is 342 g/mol. The van der Waals surface area contributed by atoms with E-state index >= 15 is 0 Å². The van der Waals surface area contributed by atoms with Crippen LogP contribution in [0.5, 0.6) is 0 Å². The van der Waals surface area contributed by atoms with Gasteiger partial charge in [-0.25, -0.2) is 8.42 Å². The van der Waals surface area contributed by atoms with Crippen molar-refractivity contribution in [1.29, 1.82) is 0 Å². The summed E-state index contributed by atoms with van der Waals surface area (Å²) in [6, 6.07) is 0. The van der Waals surface area contributed by atoms with Gasteiger partial charge in [0.15, 0.2) is 0 Å². The minimum absolute atomic E-state index is 0. The molecule has 0 aromatic heterocycles. The largest absolute Gasteiger partial charge is 3.00 e. The molecule has 0 saturated carbocycles. The third kappa shape index (κ3) is 483. The van der Waals surface area contributed by atoms with E-state index in [1.54, 1.807) is 0 Å². The van der Waals surface area contributed by atoms with E-state index in [4.69, 9.17) is 36.7 Å². The standard InChI is InChI=1S/H2O4S.O4Si.Y.Zn/c2*1-5(2,3)4;;/h(H2,1,2,3,4);;;/q;-4;+3;+2/p-1. The molecule has 0 aliphatic rings. The van der Waals surface area contributed by atoms with E-state index in [2.05, 4.69) is 0 Å². The van der Waals surface area contributed by atoms with Gasteiger partial charge in [-0.1, -0.05) is 0 Å². The first-order chi connectivity index (χ1) is 4.00. The van der Waals surface area contributed by atoms with Crippen molar-refractivity contribution in [3.05, 3.63) is 0 Å². The zero-order valence-corrected chi connectivity index (χ0v) is 13.1. The van der Waals surface area contributed by atoms with Crippen molar-refractivity contribution < 1.29 is 88.9 Å². The first kappa shape index (κ1) is 23.5. The molecule has 0 fully saturated rings. The predicted molar refractivity (Wildman–Crippen MR) is 18.1 cm³/mol. The Kier molecular flexibility index (Phi) is 18.0. The Morgan fingerprint density at radius 3 is 1.08 bits per heavy atom. The van der Waals surface area contributed by atoms with Gasteiger partial charge in [-0.2, -0.15) is 0 Å². The molecule has 0 unspecified atom stereocenters. The summed E-state index contributed by atoms with van der Waals surface area (Å²) in [5.41, 5.74) is 0. The fourth-order valence-corrected chi connectivity index (χ4v) is 0. The minimum Gasteiger partial charge on any atom is -0.894 e. The van der Waals surface area contributed by atoms with Crippen LogP contribution in [-0.4, -0.2) is 26.6 Å². The normalized spacial score (nSPS) is 9.83. The molecule has 0 aromatic carbocycles. The summed E-state index contributed by atoms with van der Waals surface area (Å²) >= 11 is 0. The van der Waals surface area contributed by atoms with Gasteiger partial charge in [0.1, 0.15) is 0 Å². The molecule has 64 valence electrons. The van der Waals surface area contributed by atoms with Gasteiger partial charge in [0, 0.05) is 0 Å². The molecule has 0 atom stereocenters. The molecule has 0 saturated heterocycles. The second-order valence-electron chi connectivity index (χ2n) is 0.928. The Bertz CT molecular complexity index is 154. The van der Waals surface area contributed by atoms with E-state index in [1.807, 2.05) is 0 Å². The molecule has 0 radical (unpaired) electrons. The van der Waals surface area contributed by atoms with Gasteiger partial charge < -0.3 is 32.8 Å². The summed E-state index contributed by atoms with van der Waals surface area (Å²) in [5, 5.41) is 0. The average Bonchev–Trinajstić information content (AvgIpc) is 1.12. The minimum atomic E-state index is -5.61. The summed E-state index contributed by atoms with van der Waals surface area (Å²) in [6.07, 6.45) is 0. The molecule has 0 aromatic rings. The maximum atomic E-state index is 8.63. The van der Waals surface area contributed by atoms with Crippen LogP contribution in [0.25, 0.3) is 0 Å². The Labute approximate surface area is 107 Å². The Morgan fingerprint density at radius 2 is 1.08 bits per heavy atom. The van der Waals surface area contributed by atoms with Crippen LogP contribution in [0.15, 0.2) is 0 Å². The molecule has 12 heteroatoms. The topological polar surface area (TPSA) is 170 Å². The van der Waals surface area contributed by atoms with E-state index in [9.17, 15) is 0 Å². The van der Waals surface area contributed by atoms with Gasteiger partial charge in [0.05, 0.1) is 0 Å². The molecule has 0 rings (SSSR count). The zero-order valence-electron chi connectivity index (χ0n) is 5.50. The van der Waals surface area contributed by atoms with E-state index in [1.165, 1.54) is 0 Å². The van der Waals surface area contributed by atoms with Crippen LogP contribution in [0.1, 0.15) is 0 Å². The van der Waals surface area contributed by atoms with Crippen molar-refractivity contribution in [2.45, 2.75) is 0 Å². The molecule has 0 amide bonds. The van der Waals surface area contributed by atoms with Crippen molar-refractivity contribution in [2.75, 3.05) is 0 Å². The van der Waals surface area contributed by atoms with Gasteiger partial charge >= 0.3 is 52.2 Å². The van der Waals surface area contributed by atoms with Gasteiger partial charge in [-0.15, -0.1) is 0 Å². The molecule has 0 heterocycles. The molecule has 12 heavy (non-hydrogen) atoms. The smallest absolute Gasteiger partial charge is 0.894 e. The molecule has 0 aliphatic carbocycles. The van der Waals surface area contributed by atoms with Crippen molar-refractivity contribution in [1.82, 2.24) is 0 Å². The van der Waals surface area contributed by atoms with E-state index in [0.29, 0.717) is 0 Å². The van der Waals surface area contributed by atoms with Crippen LogP contribution in [0.2, 0.25) is 0 Å². The van der Waals surface area contributed by atoms with Crippen molar-refractivity contribution in [2.24, 2.45) is 0 Å². The van der Waals surface area contributed by atoms with E-state index in [0.717, 1.165) is 0 Å². The quantitative estimate of drug-likeness (QED) is 0.257. The number of hydrogen-bond acceptors (Lipinski definition) is 7. The van der Waals surface area contributed by atoms with Crippen LogP contribution in [0.4, 0.5) is 0 Å². The van der Waals surface area contributed by atoms with Gasteiger partial charge in [0.2, 0.25) is 10.4 Å². The third-order valence-electron chi connectivity index (χ3n) is 0. The molecule has 0 spiro atoms. The monoisotopic (exact) mass is 342 g/mol. The Hall–Kier alpha value is 1.65. The summed E-state index contributed by atoms with van der Waals surface area (Å²) < 4.78 is 32.8. The molecule has 0 bridgehead atoms.